The summed E-state index contributed by atoms with van der Waals surface area (Å²) in [6.07, 6.45) is 1.70. The van der Waals surface area contributed by atoms with Crippen molar-refractivity contribution < 1.29 is 18.1 Å². The Morgan fingerprint density at radius 1 is 1.14 bits per heavy atom. The van der Waals surface area contributed by atoms with Gasteiger partial charge in [-0.1, -0.05) is 18.2 Å². The summed E-state index contributed by atoms with van der Waals surface area (Å²) in [5.74, 6) is -0.435. The van der Waals surface area contributed by atoms with E-state index in [9.17, 15) is 13.2 Å². The van der Waals surface area contributed by atoms with Crippen LogP contribution in [0.25, 0.3) is 0 Å². The van der Waals surface area contributed by atoms with Crippen LogP contribution in [0.5, 0.6) is 0 Å². The van der Waals surface area contributed by atoms with Gasteiger partial charge in [-0.25, -0.2) is 13.8 Å². The number of hydrazone groups is 1. The lowest BCUT2D eigenvalue weighted by molar-refractivity contribution is -0.922. The monoisotopic (exact) mass is 421 g/mol. The molecule has 1 aromatic carbocycles. The van der Waals surface area contributed by atoms with Gasteiger partial charge in [0.1, 0.15) is 4.21 Å². The molecule has 0 aliphatic carbocycles. The quantitative estimate of drug-likeness (QED) is 0.620. The van der Waals surface area contributed by atoms with E-state index in [1.807, 2.05) is 0 Å². The number of thiophene rings is 1. The zero-order valence-electron chi connectivity index (χ0n) is 15.9. The molecule has 0 bridgehead atoms. The molecule has 0 radical (unpaired) electrons. The van der Waals surface area contributed by atoms with E-state index < -0.39 is 15.9 Å². The summed E-state index contributed by atoms with van der Waals surface area (Å²) in [6, 6.07) is 10.3. The highest BCUT2D eigenvalue weighted by atomic mass is 32.2. The smallest absolute Gasteiger partial charge is 0.273 e. The molecule has 0 atom stereocenters. The molecule has 1 aromatic heterocycles. The maximum absolute atomic E-state index is 12.6. The highest BCUT2D eigenvalue weighted by molar-refractivity contribution is 7.94. The van der Waals surface area contributed by atoms with Gasteiger partial charge in [0.15, 0.2) is 0 Å². The second kappa shape index (κ2) is 8.85. The minimum atomic E-state index is -3.73. The molecule has 0 saturated carbocycles. The molecule has 3 rings (SSSR count). The van der Waals surface area contributed by atoms with Crippen LogP contribution in [-0.4, -0.2) is 39.2 Å². The lowest BCUT2D eigenvalue weighted by Crippen LogP contribution is -3.16. The molecule has 3 N–H and O–H groups in total. The highest BCUT2D eigenvalue weighted by Gasteiger charge is 2.22. The van der Waals surface area contributed by atoms with Crippen LogP contribution in [-0.2, 0) is 10.0 Å². The van der Waals surface area contributed by atoms with Crippen molar-refractivity contribution in [2.24, 2.45) is 5.10 Å². The van der Waals surface area contributed by atoms with E-state index in [1.54, 1.807) is 40.6 Å². The Kier molecular flexibility index (Phi) is 6.48. The number of para-hydroxylation sites is 1. The zero-order chi connectivity index (χ0) is 20.1. The van der Waals surface area contributed by atoms with Crippen LogP contribution in [0.3, 0.4) is 0 Å². The molecular weight excluding hydrogens is 396 g/mol. The average molecular weight is 422 g/mol. The fourth-order valence-electron chi connectivity index (χ4n) is 3.12. The number of carbonyl (C=O) groups is 1. The first-order valence-electron chi connectivity index (χ1n) is 9.22. The largest absolute Gasteiger partial charge is 0.332 e. The van der Waals surface area contributed by atoms with Crippen LogP contribution in [0.4, 0.5) is 5.69 Å². The second-order valence-electron chi connectivity index (χ2n) is 7.02. The number of hydrogen-bond acceptors (Lipinski definition) is 5. The average Bonchev–Trinajstić information content (AvgIpc) is 3.22. The highest BCUT2D eigenvalue weighted by Crippen LogP contribution is 2.22. The summed E-state index contributed by atoms with van der Waals surface area (Å²) in [7, 11) is -3.73. The van der Waals surface area contributed by atoms with Gasteiger partial charge in [-0.2, -0.15) is 5.10 Å². The summed E-state index contributed by atoms with van der Waals surface area (Å²) >= 11 is 1.12. The van der Waals surface area contributed by atoms with Gasteiger partial charge < -0.3 is 4.90 Å². The molecule has 1 aliphatic rings. The summed E-state index contributed by atoms with van der Waals surface area (Å²) in [6.45, 7) is 6.41. The molecule has 1 amide bonds. The number of nitrogens with one attached hydrogen (secondary N) is 3. The number of benzene rings is 1. The summed E-state index contributed by atoms with van der Waals surface area (Å²) in [5.41, 5.74) is 4.01. The molecule has 0 unspecified atom stereocenters. The number of rotatable bonds is 6. The lowest BCUT2D eigenvalue weighted by atomic mass is 10.1. The van der Waals surface area contributed by atoms with Crippen LogP contribution < -0.4 is 15.0 Å². The number of likely N-dealkylation sites (tertiary alicyclic amines) is 1. The van der Waals surface area contributed by atoms with Gasteiger partial charge >= 0.3 is 0 Å². The molecule has 1 fully saturated rings. The molecule has 28 heavy (non-hydrogen) atoms. The molecule has 2 heterocycles. The third-order valence-corrected chi connectivity index (χ3v) is 7.54. The van der Waals surface area contributed by atoms with E-state index in [0.717, 1.165) is 43.0 Å². The van der Waals surface area contributed by atoms with Gasteiger partial charge in [-0.15, -0.1) is 11.3 Å². The van der Waals surface area contributed by atoms with E-state index in [2.05, 4.69) is 29.1 Å². The maximum Gasteiger partial charge on any atom is 0.273 e. The summed E-state index contributed by atoms with van der Waals surface area (Å²) < 4.78 is 27.6. The SMILES string of the molecule is CC(C)[NH+]1CCC(=NNC(=O)c2ccccc2NS(=O)(=O)c2cccs2)CC1. The Labute approximate surface area is 169 Å². The third-order valence-electron chi connectivity index (χ3n) is 4.78. The Balaban J connectivity index is 1.69. The van der Waals surface area contributed by atoms with Crippen molar-refractivity contribution in [1.29, 1.82) is 0 Å². The number of sulfonamides is 1. The number of amides is 1. The number of quaternary nitrogens is 1. The predicted octanol–water partition coefficient (Wildman–Crippen LogP) is 1.72. The van der Waals surface area contributed by atoms with Gasteiger partial charge in [0.25, 0.3) is 15.9 Å². The number of anilines is 1. The zero-order valence-corrected chi connectivity index (χ0v) is 17.6. The van der Waals surface area contributed by atoms with Crippen molar-refractivity contribution in [3.63, 3.8) is 0 Å². The van der Waals surface area contributed by atoms with Crippen molar-refractivity contribution in [1.82, 2.24) is 5.43 Å². The van der Waals surface area contributed by atoms with Crippen molar-refractivity contribution in [2.45, 2.75) is 36.9 Å². The van der Waals surface area contributed by atoms with Crippen LogP contribution in [0.15, 0.2) is 51.1 Å². The first-order chi connectivity index (χ1) is 13.4. The number of piperidine rings is 1. The first-order valence-corrected chi connectivity index (χ1v) is 11.6. The van der Waals surface area contributed by atoms with Crippen molar-refractivity contribution in [3.05, 3.63) is 47.3 Å². The van der Waals surface area contributed by atoms with Gasteiger partial charge in [0.2, 0.25) is 0 Å². The van der Waals surface area contributed by atoms with Crippen LogP contribution in [0, 0.1) is 0 Å². The van der Waals surface area contributed by atoms with E-state index in [4.69, 9.17) is 0 Å². The fourth-order valence-corrected chi connectivity index (χ4v) is 5.19. The lowest BCUT2D eigenvalue weighted by Gasteiger charge is -2.27. The van der Waals surface area contributed by atoms with Crippen molar-refractivity contribution in [2.75, 3.05) is 17.8 Å². The van der Waals surface area contributed by atoms with Gasteiger partial charge in [0, 0.05) is 18.6 Å². The molecule has 0 spiro atoms. The standard InChI is InChI=1S/C19H24N4O3S2/c1-14(2)23-11-9-15(10-12-23)20-21-19(24)16-6-3-4-7-17(16)22-28(25,26)18-8-5-13-27-18/h3-8,13-14,22H,9-12H2,1-2H3,(H,21,24)/p+1. The first kappa shape index (κ1) is 20.5. The van der Waals surface area contributed by atoms with Crippen molar-refractivity contribution >= 4 is 38.7 Å². The number of carbonyl (C=O) groups excluding carboxylic acids is 1. The topological polar surface area (TPSA) is 92.1 Å². The minimum absolute atomic E-state index is 0.197. The number of nitrogens with zero attached hydrogens (tertiary/aromatic N) is 1. The van der Waals surface area contributed by atoms with Crippen molar-refractivity contribution in [3.8, 4) is 0 Å². The molecule has 7 nitrogen and oxygen atoms in total. The third kappa shape index (κ3) is 4.98. The van der Waals surface area contributed by atoms with Gasteiger partial charge in [0.05, 0.1) is 30.4 Å². The Bertz CT molecular complexity index is 943. The second-order valence-corrected chi connectivity index (χ2v) is 9.87. The molecular formula is C19H25N4O3S2+. The number of hydrogen-bond donors (Lipinski definition) is 3. The Hall–Kier alpha value is -2.23. The van der Waals surface area contributed by atoms with E-state index in [1.165, 1.54) is 6.07 Å². The molecule has 2 aromatic rings. The van der Waals surface area contributed by atoms with Crippen LogP contribution >= 0.6 is 11.3 Å². The molecule has 1 aliphatic heterocycles. The van der Waals surface area contributed by atoms with E-state index in [0.29, 0.717) is 6.04 Å². The Morgan fingerprint density at radius 2 is 1.86 bits per heavy atom. The van der Waals surface area contributed by atoms with E-state index in [-0.39, 0.29) is 15.5 Å². The Morgan fingerprint density at radius 3 is 2.50 bits per heavy atom. The molecule has 9 heteroatoms. The molecule has 150 valence electrons. The van der Waals surface area contributed by atoms with Gasteiger partial charge in [-0.05, 0) is 37.4 Å². The minimum Gasteiger partial charge on any atom is -0.332 e. The normalized spacial score (nSPS) is 17.4. The summed E-state index contributed by atoms with van der Waals surface area (Å²) in [4.78, 5) is 14.1. The maximum atomic E-state index is 12.6. The van der Waals surface area contributed by atoms with Crippen LogP contribution in [0.2, 0.25) is 0 Å². The summed E-state index contributed by atoms with van der Waals surface area (Å²) in [5, 5.41) is 5.96. The van der Waals surface area contributed by atoms with Gasteiger partial charge in [-0.3, -0.25) is 9.52 Å². The van der Waals surface area contributed by atoms with E-state index >= 15 is 0 Å². The van der Waals surface area contributed by atoms with Crippen LogP contribution in [0.1, 0.15) is 37.0 Å². The fraction of sp³-hybridized carbons (Fsp3) is 0.368. The predicted molar refractivity (Wildman–Crippen MR) is 112 cm³/mol. The molecule has 1 saturated heterocycles.